The molecule has 1 aliphatic heterocycles. The molecule has 6 heteroatoms. The summed E-state index contributed by atoms with van der Waals surface area (Å²) in [6.45, 7) is 6.05. The molecule has 0 aliphatic carbocycles. The van der Waals surface area contributed by atoms with Crippen molar-refractivity contribution < 1.29 is 9.53 Å². The van der Waals surface area contributed by atoms with Crippen LogP contribution in [-0.2, 0) is 4.79 Å². The molecule has 2 aromatic carbocycles. The van der Waals surface area contributed by atoms with Gasteiger partial charge in [0.15, 0.2) is 0 Å². The van der Waals surface area contributed by atoms with Crippen LogP contribution in [0, 0.1) is 24.2 Å². The zero-order chi connectivity index (χ0) is 21.8. The molecule has 0 radical (unpaired) electrons. The molecule has 1 saturated heterocycles. The van der Waals surface area contributed by atoms with Gasteiger partial charge in [-0.2, -0.15) is 5.26 Å². The highest BCUT2D eigenvalue weighted by molar-refractivity contribution is 5.96. The highest BCUT2D eigenvalue weighted by Crippen LogP contribution is 2.33. The topological polar surface area (TPSA) is 78.2 Å². The summed E-state index contributed by atoms with van der Waals surface area (Å²) in [5.41, 5.74) is 4.31. The van der Waals surface area contributed by atoms with E-state index < -0.39 is 0 Å². The third-order valence-corrected chi connectivity index (χ3v) is 5.73. The fraction of sp³-hybridized carbons (Fsp3) is 0.320. The molecule has 0 unspecified atom stereocenters. The highest BCUT2D eigenvalue weighted by atomic mass is 16.5. The van der Waals surface area contributed by atoms with E-state index >= 15 is 0 Å². The van der Waals surface area contributed by atoms with Crippen LogP contribution in [0.5, 0.6) is 5.75 Å². The number of fused-ring (bicyclic) bond motifs is 1. The monoisotopic (exact) mass is 414 g/mol. The van der Waals surface area contributed by atoms with Crippen LogP contribution in [0.1, 0.15) is 30.9 Å². The number of anilines is 2. The molecule has 6 nitrogen and oxygen atoms in total. The molecule has 1 fully saturated rings. The van der Waals surface area contributed by atoms with Gasteiger partial charge in [0.05, 0.1) is 23.4 Å². The lowest BCUT2D eigenvalue weighted by Crippen LogP contribution is -2.38. The van der Waals surface area contributed by atoms with E-state index in [0.717, 1.165) is 59.5 Å². The Morgan fingerprint density at radius 2 is 1.97 bits per heavy atom. The molecule has 3 aromatic rings. The van der Waals surface area contributed by atoms with Crippen molar-refractivity contribution in [1.82, 2.24) is 4.98 Å². The van der Waals surface area contributed by atoms with Crippen LogP contribution in [0.15, 0.2) is 48.7 Å². The van der Waals surface area contributed by atoms with Crippen LogP contribution < -0.4 is 15.0 Å². The highest BCUT2D eigenvalue weighted by Gasteiger charge is 2.27. The van der Waals surface area contributed by atoms with Crippen molar-refractivity contribution in [2.24, 2.45) is 5.92 Å². The number of piperidine rings is 1. The maximum atomic E-state index is 12.8. The fourth-order valence-corrected chi connectivity index (χ4v) is 4.13. The Kier molecular flexibility index (Phi) is 6.03. The predicted octanol–water partition coefficient (Wildman–Crippen LogP) is 4.67. The molecule has 1 N–H and O–H groups in total. The smallest absolute Gasteiger partial charge is 0.227 e. The Morgan fingerprint density at radius 3 is 2.65 bits per heavy atom. The number of amides is 1. The number of rotatable bonds is 5. The lowest BCUT2D eigenvalue weighted by molar-refractivity contribution is -0.120. The Bertz CT molecular complexity index is 1130. The van der Waals surface area contributed by atoms with Gasteiger partial charge in [-0.1, -0.05) is 11.6 Å². The molecule has 0 spiro atoms. The number of ether oxygens (including phenoxy) is 1. The first-order valence-corrected chi connectivity index (χ1v) is 10.7. The molecule has 0 saturated carbocycles. The Hall–Kier alpha value is -3.59. The second kappa shape index (κ2) is 9.05. The number of nitrogens with zero attached hydrogens (tertiary/aromatic N) is 3. The van der Waals surface area contributed by atoms with Crippen LogP contribution in [0.4, 0.5) is 11.4 Å². The summed E-state index contributed by atoms with van der Waals surface area (Å²) in [4.78, 5) is 19.4. The van der Waals surface area contributed by atoms with Crippen molar-refractivity contribution in [2.45, 2.75) is 26.7 Å². The number of nitriles is 1. The van der Waals surface area contributed by atoms with Gasteiger partial charge >= 0.3 is 0 Å². The first kappa shape index (κ1) is 20.7. The summed E-state index contributed by atoms with van der Waals surface area (Å²) in [7, 11) is 0. The zero-order valence-corrected chi connectivity index (χ0v) is 17.9. The number of hydrogen-bond acceptors (Lipinski definition) is 5. The number of carbonyl (C=O) groups is 1. The van der Waals surface area contributed by atoms with Gasteiger partial charge in [-0.3, -0.25) is 9.78 Å². The number of pyridine rings is 1. The normalized spacial score (nSPS) is 14.3. The third kappa shape index (κ3) is 4.46. The molecule has 0 bridgehead atoms. The van der Waals surface area contributed by atoms with E-state index in [-0.39, 0.29) is 11.8 Å². The first-order valence-electron chi connectivity index (χ1n) is 10.7. The number of hydrogen-bond donors (Lipinski definition) is 1. The average Bonchev–Trinajstić information content (AvgIpc) is 2.79. The van der Waals surface area contributed by atoms with Crippen molar-refractivity contribution in [3.63, 3.8) is 0 Å². The minimum absolute atomic E-state index is 0.0414. The van der Waals surface area contributed by atoms with Gasteiger partial charge < -0.3 is 15.0 Å². The summed E-state index contributed by atoms with van der Waals surface area (Å²) in [5.74, 6) is 0.782. The van der Waals surface area contributed by atoms with E-state index in [0.29, 0.717) is 12.2 Å². The molecule has 1 aromatic heterocycles. The molecular formula is C25H26N4O2. The lowest BCUT2D eigenvalue weighted by Gasteiger charge is -2.34. The van der Waals surface area contributed by atoms with Crippen LogP contribution in [0.25, 0.3) is 10.9 Å². The second-order valence-electron chi connectivity index (χ2n) is 7.86. The van der Waals surface area contributed by atoms with Crippen molar-refractivity contribution in [1.29, 1.82) is 5.26 Å². The molecule has 158 valence electrons. The summed E-state index contributed by atoms with van der Waals surface area (Å²) < 4.78 is 5.45. The molecule has 0 atom stereocenters. The lowest BCUT2D eigenvalue weighted by atomic mass is 9.94. The van der Waals surface area contributed by atoms with Crippen molar-refractivity contribution in [2.75, 3.05) is 29.9 Å². The van der Waals surface area contributed by atoms with E-state index in [4.69, 9.17) is 4.74 Å². The van der Waals surface area contributed by atoms with E-state index in [1.807, 2.05) is 50.2 Å². The summed E-state index contributed by atoms with van der Waals surface area (Å²) in [5, 5.41) is 13.7. The van der Waals surface area contributed by atoms with Crippen LogP contribution >= 0.6 is 0 Å². The van der Waals surface area contributed by atoms with Gasteiger partial charge in [-0.15, -0.1) is 0 Å². The maximum absolute atomic E-state index is 12.8. The second-order valence-corrected chi connectivity index (χ2v) is 7.86. The Morgan fingerprint density at radius 1 is 1.23 bits per heavy atom. The van der Waals surface area contributed by atoms with E-state index in [1.165, 1.54) is 0 Å². The summed E-state index contributed by atoms with van der Waals surface area (Å²) >= 11 is 0. The minimum atomic E-state index is -0.0526. The van der Waals surface area contributed by atoms with Gasteiger partial charge in [0, 0.05) is 36.3 Å². The first-order chi connectivity index (χ1) is 15.1. The van der Waals surface area contributed by atoms with Gasteiger partial charge in [0.25, 0.3) is 0 Å². The average molecular weight is 415 g/mol. The van der Waals surface area contributed by atoms with Crippen LogP contribution in [0.3, 0.4) is 0 Å². The fourth-order valence-electron chi connectivity index (χ4n) is 4.13. The van der Waals surface area contributed by atoms with E-state index in [9.17, 15) is 10.1 Å². The van der Waals surface area contributed by atoms with Crippen molar-refractivity contribution in [3.05, 3.63) is 59.8 Å². The summed E-state index contributed by atoms with van der Waals surface area (Å²) in [6, 6.07) is 15.9. The number of carbonyl (C=O) groups excluding carboxylic acids is 1. The van der Waals surface area contributed by atoms with E-state index in [1.54, 1.807) is 6.20 Å². The maximum Gasteiger partial charge on any atom is 0.227 e. The molecular weight excluding hydrogens is 388 g/mol. The van der Waals surface area contributed by atoms with Gasteiger partial charge in [-0.25, -0.2) is 0 Å². The SMILES string of the molecule is CCOc1ccc(NC(=O)C2CCN(c3c(C#N)cnc4ccc(C)cc34)CC2)cc1. The number of aryl methyl sites for hydroxylation is 1. The standard InChI is InChI=1S/C25H26N4O2/c1-3-31-21-7-5-20(6-8-21)28-25(30)18-10-12-29(13-11-18)24-19(15-26)16-27-23-9-4-17(2)14-22(23)24/h4-9,14,16,18H,3,10-13H2,1-2H3,(H,28,30). The quantitative estimate of drug-likeness (QED) is 0.656. The molecule has 2 heterocycles. The predicted molar refractivity (Wildman–Crippen MR) is 122 cm³/mol. The van der Waals surface area contributed by atoms with Crippen molar-refractivity contribution >= 4 is 28.2 Å². The molecule has 1 amide bonds. The molecule has 4 rings (SSSR count). The number of benzene rings is 2. The third-order valence-electron chi connectivity index (χ3n) is 5.73. The van der Waals surface area contributed by atoms with E-state index in [2.05, 4.69) is 27.3 Å². The van der Waals surface area contributed by atoms with Gasteiger partial charge in [0.2, 0.25) is 5.91 Å². The minimum Gasteiger partial charge on any atom is -0.494 e. The summed E-state index contributed by atoms with van der Waals surface area (Å²) in [6.07, 6.45) is 3.13. The van der Waals surface area contributed by atoms with Crippen LogP contribution in [-0.4, -0.2) is 30.6 Å². The van der Waals surface area contributed by atoms with Gasteiger partial charge in [-0.05, 0) is 63.1 Å². The number of aromatic nitrogens is 1. The van der Waals surface area contributed by atoms with Gasteiger partial charge in [0.1, 0.15) is 11.8 Å². The largest absolute Gasteiger partial charge is 0.494 e. The van der Waals surface area contributed by atoms with Crippen LogP contribution in [0.2, 0.25) is 0 Å². The zero-order valence-electron chi connectivity index (χ0n) is 17.9. The molecule has 1 aliphatic rings. The molecule has 31 heavy (non-hydrogen) atoms. The Labute approximate surface area is 182 Å². The number of nitrogens with one attached hydrogen (secondary N) is 1. The van der Waals surface area contributed by atoms with Crippen molar-refractivity contribution in [3.8, 4) is 11.8 Å². The Balaban J connectivity index is 1.46.